The third-order valence-electron chi connectivity index (χ3n) is 3.01. The molecule has 0 unspecified atom stereocenters. The van der Waals surface area contributed by atoms with Crippen molar-refractivity contribution in [3.63, 3.8) is 0 Å². The Bertz CT molecular complexity index is 304. The quantitative estimate of drug-likeness (QED) is 0.827. The first-order valence-corrected chi connectivity index (χ1v) is 5.94. The summed E-state index contributed by atoms with van der Waals surface area (Å²) in [5, 5.41) is 3.37. The number of methoxy groups -OCH3 is 1. The second-order valence-electron chi connectivity index (χ2n) is 4.15. The lowest BCUT2D eigenvalue weighted by atomic mass is 10.1. The number of rotatable bonds is 4. The van der Waals surface area contributed by atoms with E-state index < -0.39 is 0 Å². The highest BCUT2D eigenvalue weighted by molar-refractivity contribution is 5.48. The minimum Gasteiger partial charge on any atom is -0.384 e. The normalized spacial score (nSPS) is 16.4. The van der Waals surface area contributed by atoms with E-state index in [0.717, 1.165) is 39.2 Å². The molecule has 1 N–H and O–H groups in total. The average molecular weight is 220 g/mol. The lowest BCUT2D eigenvalue weighted by Crippen LogP contribution is -2.43. The number of piperazine rings is 1. The fraction of sp³-hybridized carbons (Fsp3) is 0.538. The number of benzene rings is 1. The molecule has 1 aliphatic heterocycles. The number of hydrogen-bond acceptors (Lipinski definition) is 3. The first-order chi connectivity index (χ1) is 7.90. The van der Waals surface area contributed by atoms with Gasteiger partial charge in [0.25, 0.3) is 0 Å². The van der Waals surface area contributed by atoms with Crippen LogP contribution in [0, 0.1) is 0 Å². The van der Waals surface area contributed by atoms with Crippen molar-refractivity contribution in [3.05, 3.63) is 29.8 Å². The zero-order chi connectivity index (χ0) is 11.2. The van der Waals surface area contributed by atoms with E-state index >= 15 is 0 Å². The molecule has 2 rings (SSSR count). The summed E-state index contributed by atoms with van der Waals surface area (Å²) in [6.07, 6.45) is 0.998. The molecule has 1 aliphatic rings. The number of nitrogens with one attached hydrogen (secondary N) is 1. The summed E-state index contributed by atoms with van der Waals surface area (Å²) in [6, 6.07) is 8.85. The van der Waals surface area contributed by atoms with Gasteiger partial charge in [0.2, 0.25) is 0 Å². The van der Waals surface area contributed by atoms with E-state index in [9.17, 15) is 0 Å². The van der Waals surface area contributed by atoms with Gasteiger partial charge in [-0.05, 0) is 24.1 Å². The predicted molar refractivity (Wildman–Crippen MR) is 67.1 cm³/mol. The van der Waals surface area contributed by atoms with Crippen LogP contribution in [0.15, 0.2) is 24.3 Å². The van der Waals surface area contributed by atoms with Crippen molar-refractivity contribution >= 4 is 5.69 Å². The molecule has 88 valence electrons. The maximum atomic E-state index is 5.07. The van der Waals surface area contributed by atoms with E-state index in [4.69, 9.17) is 4.74 Å². The van der Waals surface area contributed by atoms with Crippen LogP contribution >= 0.6 is 0 Å². The summed E-state index contributed by atoms with van der Waals surface area (Å²) in [6.45, 7) is 5.19. The average Bonchev–Trinajstić information content (AvgIpc) is 2.38. The van der Waals surface area contributed by atoms with Gasteiger partial charge in [0, 0.05) is 39.0 Å². The standard InChI is InChI=1S/C13H20N2O/c1-16-11-6-12-2-4-13(5-3-12)15-9-7-14-8-10-15/h2-5,14H,6-11H2,1H3. The van der Waals surface area contributed by atoms with Gasteiger partial charge in [0.1, 0.15) is 0 Å². The van der Waals surface area contributed by atoms with Gasteiger partial charge in [-0.1, -0.05) is 12.1 Å². The lowest BCUT2D eigenvalue weighted by Gasteiger charge is -2.29. The van der Waals surface area contributed by atoms with Gasteiger partial charge in [0.15, 0.2) is 0 Å². The van der Waals surface area contributed by atoms with E-state index in [1.54, 1.807) is 7.11 Å². The lowest BCUT2D eigenvalue weighted by molar-refractivity contribution is 0.202. The smallest absolute Gasteiger partial charge is 0.0502 e. The van der Waals surface area contributed by atoms with E-state index in [1.165, 1.54) is 11.3 Å². The number of nitrogens with zero attached hydrogens (tertiary/aromatic N) is 1. The van der Waals surface area contributed by atoms with Crippen LogP contribution < -0.4 is 10.2 Å². The van der Waals surface area contributed by atoms with Crippen LogP contribution in [-0.4, -0.2) is 39.9 Å². The first-order valence-electron chi connectivity index (χ1n) is 5.94. The first kappa shape index (κ1) is 11.4. The molecule has 0 aliphatic carbocycles. The van der Waals surface area contributed by atoms with E-state index in [0.29, 0.717) is 0 Å². The molecular formula is C13H20N2O. The minimum absolute atomic E-state index is 0.799. The molecule has 16 heavy (non-hydrogen) atoms. The highest BCUT2D eigenvalue weighted by Crippen LogP contribution is 2.15. The zero-order valence-electron chi connectivity index (χ0n) is 9.91. The Balaban J connectivity index is 1.95. The Morgan fingerprint density at radius 3 is 2.50 bits per heavy atom. The molecule has 0 amide bonds. The second-order valence-corrected chi connectivity index (χ2v) is 4.15. The van der Waals surface area contributed by atoms with Crippen LogP contribution in [0.25, 0.3) is 0 Å². The Morgan fingerprint density at radius 2 is 1.88 bits per heavy atom. The molecule has 1 saturated heterocycles. The van der Waals surface area contributed by atoms with Gasteiger partial charge < -0.3 is 15.0 Å². The summed E-state index contributed by atoms with van der Waals surface area (Å²) >= 11 is 0. The molecule has 0 bridgehead atoms. The van der Waals surface area contributed by atoms with Gasteiger partial charge >= 0.3 is 0 Å². The topological polar surface area (TPSA) is 24.5 Å². The molecule has 1 heterocycles. The minimum atomic E-state index is 0.799. The molecule has 3 heteroatoms. The van der Waals surface area contributed by atoms with Gasteiger partial charge in [-0.25, -0.2) is 0 Å². The van der Waals surface area contributed by atoms with Crippen molar-refractivity contribution in [2.75, 3.05) is 44.8 Å². The third-order valence-corrected chi connectivity index (χ3v) is 3.01. The maximum Gasteiger partial charge on any atom is 0.0502 e. The molecule has 0 atom stereocenters. The van der Waals surface area contributed by atoms with Crippen molar-refractivity contribution in [2.24, 2.45) is 0 Å². The van der Waals surface area contributed by atoms with Crippen molar-refractivity contribution in [1.29, 1.82) is 0 Å². The summed E-state index contributed by atoms with van der Waals surface area (Å²) in [5.74, 6) is 0. The molecule has 0 saturated carbocycles. The molecule has 1 aromatic rings. The number of anilines is 1. The summed E-state index contributed by atoms with van der Waals surface area (Å²) in [4.78, 5) is 2.43. The fourth-order valence-electron chi connectivity index (χ4n) is 2.02. The summed E-state index contributed by atoms with van der Waals surface area (Å²) in [5.41, 5.74) is 2.68. The number of ether oxygens (including phenoxy) is 1. The molecule has 1 fully saturated rings. The van der Waals surface area contributed by atoms with Crippen LogP contribution in [0.1, 0.15) is 5.56 Å². The Morgan fingerprint density at radius 1 is 1.19 bits per heavy atom. The van der Waals surface area contributed by atoms with E-state index in [2.05, 4.69) is 34.5 Å². The highest BCUT2D eigenvalue weighted by Gasteiger charge is 2.09. The maximum absolute atomic E-state index is 5.07. The molecule has 0 radical (unpaired) electrons. The highest BCUT2D eigenvalue weighted by atomic mass is 16.5. The third kappa shape index (κ3) is 2.97. The molecule has 1 aromatic carbocycles. The summed E-state index contributed by atoms with van der Waals surface area (Å²) in [7, 11) is 1.75. The van der Waals surface area contributed by atoms with Crippen molar-refractivity contribution in [1.82, 2.24) is 5.32 Å². The van der Waals surface area contributed by atoms with Gasteiger partial charge in [0.05, 0.1) is 6.61 Å². The van der Waals surface area contributed by atoms with Crippen molar-refractivity contribution in [3.8, 4) is 0 Å². The van der Waals surface area contributed by atoms with Crippen LogP contribution in [0.3, 0.4) is 0 Å². The fourth-order valence-corrected chi connectivity index (χ4v) is 2.02. The van der Waals surface area contributed by atoms with Crippen molar-refractivity contribution < 1.29 is 4.74 Å². The largest absolute Gasteiger partial charge is 0.384 e. The monoisotopic (exact) mass is 220 g/mol. The molecule has 0 aromatic heterocycles. The Hall–Kier alpha value is -1.06. The van der Waals surface area contributed by atoms with Gasteiger partial charge in [-0.2, -0.15) is 0 Å². The second kappa shape index (κ2) is 5.87. The van der Waals surface area contributed by atoms with E-state index in [-0.39, 0.29) is 0 Å². The van der Waals surface area contributed by atoms with Gasteiger partial charge in [-0.3, -0.25) is 0 Å². The van der Waals surface area contributed by atoms with Crippen LogP contribution in [0.2, 0.25) is 0 Å². The van der Waals surface area contributed by atoms with E-state index in [1.807, 2.05) is 0 Å². The SMILES string of the molecule is COCCc1ccc(N2CCNCC2)cc1. The zero-order valence-corrected chi connectivity index (χ0v) is 9.91. The Kier molecular flexibility index (Phi) is 4.19. The van der Waals surface area contributed by atoms with Crippen molar-refractivity contribution in [2.45, 2.75) is 6.42 Å². The summed E-state index contributed by atoms with van der Waals surface area (Å²) < 4.78 is 5.07. The van der Waals surface area contributed by atoms with Crippen LogP contribution in [0.5, 0.6) is 0 Å². The molecule has 3 nitrogen and oxygen atoms in total. The Labute approximate surface area is 97.4 Å². The van der Waals surface area contributed by atoms with Gasteiger partial charge in [-0.15, -0.1) is 0 Å². The predicted octanol–water partition coefficient (Wildman–Crippen LogP) is 1.29. The molecular weight excluding hydrogens is 200 g/mol. The number of hydrogen-bond donors (Lipinski definition) is 1. The molecule has 0 spiro atoms. The van der Waals surface area contributed by atoms with Crippen LogP contribution in [0.4, 0.5) is 5.69 Å². The van der Waals surface area contributed by atoms with Crippen LogP contribution in [-0.2, 0) is 11.2 Å².